The number of halogens is 1. The van der Waals surface area contributed by atoms with Crippen LogP contribution in [0, 0.1) is 6.08 Å². The summed E-state index contributed by atoms with van der Waals surface area (Å²) in [4.78, 5) is 75.5. The first kappa shape index (κ1) is 33.4. The van der Waals surface area contributed by atoms with E-state index in [0.29, 0.717) is 0 Å². The Labute approximate surface area is 192 Å². The van der Waals surface area contributed by atoms with Crippen LogP contribution in [0.15, 0.2) is 6.33 Å². The van der Waals surface area contributed by atoms with Crippen LogP contribution in [0.1, 0.15) is 6.23 Å². The van der Waals surface area contributed by atoms with E-state index in [1.807, 2.05) is 0 Å². The lowest BCUT2D eigenvalue weighted by Crippen LogP contribution is -2.33. The lowest BCUT2D eigenvalue weighted by Gasteiger charge is -2.16. The molecule has 0 saturated carbocycles. The predicted molar refractivity (Wildman–Crippen MR) is 105 cm³/mol. The number of hydrogen-bond acceptors (Lipinski definition) is 11. The molecule has 35 heavy (non-hydrogen) atoms. The molecule has 3 rings (SSSR count). The molecule has 0 amide bonds. The van der Waals surface area contributed by atoms with Gasteiger partial charge in [-0.2, -0.15) is 14.4 Å². The smallest absolute Gasteiger partial charge is 0.394 e. The number of ether oxygens (including phenoxy) is 1. The summed E-state index contributed by atoms with van der Waals surface area (Å²) >= 11 is 0. The van der Waals surface area contributed by atoms with Crippen molar-refractivity contribution in [2.24, 2.45) is 0 Å². The third-order valence-electron chi connectivity index (χ3n) is 3.21. The molecule has 14 N–H and O–H groups in total. The molecule has 0 spiro atoms. The number of nitrogens with two attached hydrogens (primary N) is 1. The van der Waals surface area contributed by atoms with E-state index in [-0.39, 0.29) is 17.0 Å². The number of phosphoric acid groups is 3. The van der Waals surface area contributed by atoms with Gasteiger partial charge in [-0.1, -0.05) is 0 Å². The quantitative estimate of drug-likeness (QED) is 0.117. The first-order valence-electron chi connectivity index (χ1n) is 8.15. The van der Waals surface area contributed by atoms with Gasteiger partial charge in [-0.25, -0.2) is 18.7 Å². The molecule has 4 atom stereocenters. The van der Waals surface area contributed by atoms with Crippen LogP contribution < -0.4 is 5.73 Å². The standard InChI is InChI=1S/C10H12FN5O4.3H3O4P/c11-10-14-7(12)4-8(15-10)16(2-13-4)9-6(19)5(18)3(1-17)20-9;3*1-5(2,3)4/h2-3,5-6,9,17-19H,1H2,(H2,12,14,15);3*(H3,1,2,3,4)/t3-,5-,6+,9-;;;/m1.../s1. The zero-order valence-corrected chi connectivity index (χ0v) is 19.4. The van der Waals surface area contributed by atoms with Crippen LogP contribution in [0.3, 0.4) is 0 Å². The number of aliphatic hydroxyl groups is 3. The maximum atomic E-state index is 13.2. The van der Waals surface area contributed by atoms with Crippen molar-refractivity contribution in [3.63, 3.8) is 0 Å². The van der Waals surface area contributed by atoms with E-state index >= 15 is 0 Å². The maximum absolute atomic E-state index is 13.2. The normalized spacial score (nSPS) is 22.3. The minimum atomic E-state index is -4.64. The monoisotopic (exact) mass is 579 g/mol. The van der Waals surface area contributed by atoms with Crippen LogP contribution in [0.25, 0.3) is 11.2 Å². The number of nitrogen functional groups attached to an aromatic ring is 1. The van der Waals surface area contributed by atoms with Crippen LogP contribution >= 0.6 is 23.5 Å². The van der Waals surface area contributed by atoms with E-state index in [1.54, 1.807) is 0 Å². The van der Waals surface area contributed by atoms with Crippen molar-refractivity contribution in [3.8, 4) is 0 Å². The van der Waals surface area contributed by atoms with E-state index < -0.39 is 60.7 Å². The fourth-order valence-corrected chi connectivity index (χ4v) is 2.21. The third kappa shape index (κ3) is 14.6. The summed E-state index contributed by atoms with van der Waals surface area (Å²) in [5.74, 6) is -0.141. The Balaban J connectivity index is 0.000000635. The molecule has 0 aromatic carbocycles. The maximum Gasteiger partial charge on any atom is 0.466 e. The lowest BCUT2D eigenvalue weighted by molar-refractivity contribution is -0.0511. The second-order valence-electron chi connectivity index (χ2n) is 5.97. The van der Waals surface area contributed by atoms with Crippen molar-refractivity contribution >= 4 is 40.4 Å². The molecular weight excluding hydrogens is 558 g/mol. The Kier molecular flexibility index (Phi) is 12.5. The Bertz CT molecular complexity index is 1030. The molecule has 0 aliphatic carbocycles. The van der Waals surface area contributed by atoms with Crippen LogP contribution in [0.5, 0.6) is 0 Å². The highest BCUT2D eigenvalue weighted by molar-refractivity contribution is 7.45. The minimum absolute atomic E-state index is 0.0323. The highest BCUT2D eigenvalue weighted by Crippen LogP contribution is 2.32. The summed E-state index contributed by atoms with van der Waals surface area (Å²) < 4.78 is 46.4. The Morgan fingerprint density at radius 2 is 1.34 bits per heavy atom. The molecule has 3 heterocycles. The Morgan fingerprint density at radius 3 is 1.71 bits per heavy atom. The third-order valence-corrected chi connectivity index (χ3v) is 3.21. The number of fused-ring (bicyclic) bond motifs is 1. The summed E-state index contributed by atoms with van der Waals surface area (Å²) in [7, 11) is -13.9. The van der Waals surface area contributed by atoms with Gasteiger partial charge in [-0.3, -0.25) is 4.57 Å². The molecule has 204 valence electrons. The van der Waals surface area contributed by atoms with Gasteiger partial charge >= 0.3 is 29.5 Å². The molecule has 1 aliphatic heterocycles. The van der Waals surface area contributed by atoms with E-state index in [9.17, 15) is 14.6 Å². The number of aromatic nitrogens is 4. The van der Waals surface area contributed by atoms with Crippen molar-refractivity contribution in [2.75, 3.05) is 12.3 Å². The molecular formula is C10H21FN5O16P3. The van der Waals surface area contributed by atoms with Crippen molar-refractivity contribution < 1.29 is 82.2 Å². The zero-order chi connectivity index (χ0) is 27.9. The summed E-state index contributed by atoms with van der Waals surface area (Å²) in [5.41, 5.74) is 5.71. The molecule has 21 nitrogen and oxygen atoms in total. The second-order valence-corrected chi connectivity index (χ2v) is 9.05. The van der Waals surface area contributed by atoms with Gasteiger partial charge in [0.05, 0.1) is 12.9 Å². The molecule has 0 radical (unpaired) electrons. The summed E-state index contributed by atoms with van der Waals surface area (Å²) in [6.07, 6.45) is -4.38. The summed E-state index contributed by atoms with van der Waals surface area (Å²) in [6, 6.07) is 0. The number of anilines is 1. The molecule has 0 bridgehead atoms. The van der Waals surface area contributed by atoms with Gasteiger partial charge in [0.15, 0.2) is 23.2 Å². The van der Waals surface area contributed by atoms with Crippen molar-refractivity contribution in [2.45, 2.75) is 24.5 Å². The number of imidazole rings is 1. The first-order valence-corrected chi connectivity index (χ1v) is 12.8. The van der Waals surface area contributed by atoms with Crippen molar-refractivity contribution in [1.82, 2.24) is 19.5 Å². The number of rotatable bonds is 2. The molecule has 2 aromatic heterocycles. The average Bonchev–Trinajstić information content (AvgIpc) is 3.12. The van der Waals surface area contributed by atoms with Gasteiger partial charge in [-0.15, -0.1) is 0 Å². The predicted octanol–water partition coefficient (Wildman–Crippen LogP) is -4.63. The lowest BCUT2D eigenvalue weighted by atomic mass is 10.1. The zero-order valence-electron chi connectivity index (χ0n) is 16.7. The number of aliphatic hydroxyl groups excluding tert-OH is 3. The number of hydrogen-bond donors (Lipinski definition) is 13. The Morgan fingerprint density at radius 1 is 0.914 bits per heavy atom. The summed E-state index contributed by atoms with van der Waals surface area (Å²) in [5, 5.41) is 28.7. The van der Waals surface area contributed by atoms with E-state index in [1.165, 1.54) is 10.9 Å². The number of nitrogens with zero attached hydrogens (tertiary/aromatic N) is 4. The largest absolute Gasteiger partial charge is 0.466 e. The van der Waals surface area contributed by atoms with Gasteiger partial charge in [0.2, 0.25) is 0 Å². The van der Waals surface area contributed by atoms with Gasteiger partial charge in [-0.05, 0) is 0 Å². The molecule has 25 heteroatoms. The van der Waals surface area contributed by atoms with Crippen LogP contribution in [-0.2, 0) is 18.4 Å². The van der Waals surface area contributed by atoms with Crippen LogP contribution in [0.4, 0.5) is 10.2 Å². The summed E-state index contributed by atoms with van der Waals surface area (Å²) in [6.45, 7) is -0.465. The fraction of sp³-hybridized carbons (Fsp3) is 0.500. The first-order chi connectivity index (χ1) is 15.5. The Hall–Kier alpha value is -1.55. The van der Waals surface area contributed by atoms with Crippen molar-refractivity contribution in [3.05, 3.63) is 12.4 Å². The molecule has 1 fully saturated rings. The van der Waals surface area contributed by atoms with E-state index in [2.05, 4.69) is 15.0 Å². The molecule has 2 aromatic rings. The van der Waals surface area contributed by atoms with Gasteiger partial charge < -0.3 is 69.8 Å². The molecule has 0 unspecified atom stereocenters. The molecule has 1 aliphatic rings. The topological polar surface area (TPSA) is 373 Å². The van der Waals surface area contributed by atoms with Gasteiger partial charge in [0, 0.05) is 0 Å². The van der Waals surface area contributed by atoms with Crippen LogP contribution in [0.2, 0.25) is 0 Å². The van der Waals surface area contributed by atoms with E-state index in [0.717, 1.165) is 0 Å². The van der Waals surface area contributed by atoms with Gasteiger partial charge in [0.1, 0.15) is 18.3 Å². The van der Waals surface area contributed by atoms with Crippen molar-refractivity contribution in [1.29, 1.82) is 0 Å². The van der Waals surface area contributed by atoms with E-state index in [4.69, 9.17) is 73.3 Å². The van der Waals surface area contributed by atoms with Crippen LogP contribution in [-0.4, -0.2) is 104 Å². The molecule has 1 saturated heterocycles. The SMILES string of the molecule is Nc1nc(F)nc2c1ncn2[C@@H]1O[C@H](CO)[C@@H](O)[C@@H]1O.O=P(O)(O)O.O=P(O)(O)O.O=P(O)(O)O. The minimum Gasteiger partial charge on any atom is -0.394 e. The fourth-order valence-electron chi connectivity index (χ4n) is 2.21. The second kappa shape index (κ2) is 13.1. The highest BCUT2D eigenvalue weighted by atomic mass is 31.2. The highest BCUT2D eigenvalue weighted by Gasteiger charge is 2.44. The van der Waals surface area contributed by atoms with Gasteiger partial charge in [0.25, 0.3) is 0 Å². The average molecular weight is 579 g/mol.